The van der Waals surface area contributed by atoms with Gasteiger partial charge in [-0.15, -0.1) is 0 Å². The van der Waals surface area contributed by atoms with Crippen molar-refractivity contribution in [3.63, 3.8) is 0 Å². The Bertz CT molecular complexity index is 569. The molecular formula is C22H30N2. The highest BCUT2D eigenvalue weighted by atomic mass is 15.2. The summed E-state index contributed by atoms with van der Waals surface area (Å²) in [4.78, 5) is 2.65. The molecule has 2 aromatic carbocycles. The zero-order valence-corrected chi connectivity index (χ0v) is 14.8. The van der Waals surface area contributed by atoms with Crippen LogP contribution in [0.15, 0.2) is 60.7 Å². The Morgan fingerprint density at radius 1 is 0.958 bits per heavy atom. The van der Waals surface area contributed by atoms with Gasteiger partial charge in [0.1, 0.15) is 0 Å². The third-order valence-corrected chi connectivity index (χ3v) is 5.75. The van der Waals surface area contributed by atoms with Crippen molar-refractivity contribution in [2.45, 2.75) is 51.2 Å². The van der Waals surface area contributed by atoms with Gasteiger partial charge >= 0.3 is 0 Å². The Morgan fingerprint density at radius 3 is 1.92 bits per heavy atom. The first-order valence-electron chi connectivity index (χ1n) is 9.29. The van der Waals surface area contributed by atoms with E-state index in [9.17, 15) is 0 Å². The maximum atomic E-state index is 6.35. The summed E-state index contributed by atoms with van der Waals surface area (Å²) in [7, 11) is 0. The number of hydrogen-bond donors (Lipinski definition) is 1. The van der Waals surface area contributed by atoms with E-state index in [1.807, 2.05) is 0 Å². The van der Waals surface area contributed by atoms with Crippen molar-refractivity contribution < 1.29 is 0 Å². The van der Waals surface area contributed by atoms with E-state index in [0.717, 1.165) is 25.6 Å². The Morgan fingerprint density at radius 2 is 1.50 bits per heavy atom. The molecule has 2 unspecified atom stereocenters. The zero-order valence-electron chi connectivity index (χ0n) is 14.8. The van der Waals surface area contributed by atoms with Crippen LogP contribution in [0.3, 0.4) is 0 Å². The fraction of sp³-hybridized carbons (Fsp3) is 0.455. The first-order valence-corrected chi connectivity index (χ1v) is 9.29. The van der Waals surface area contributed by atoms with Gasteiger partial charge < -0.3 is 5.73 Å². The maximum absolute atomic E-state index is 6.35. The molecule has 0 bridgehead atoms. The monoisotopic (exact) mass is 322 g/mol. The van der Waals surface area contributed by atoms with Crippen molar-refractivity contribution in [1.82, 2.24) is 4.90 Å². The van der Waals surface area contributed by atoms with Gasteiger partial charge in [0, 0.05) is 25.2 Å². The molecule has 128 valence electrons. The van der Waals surface area contributed by atoms with E-state index in [1.54, 1.807) is 0 Å². The molecule has 1 saturated carbocycles. The molecule has 2 N–H and O–H groups in total. The highest BCUT2D eigenvalue weighted by molar-refractivity contribution is 5.18. The lowest BCUT2D eigenvalue weighted by atomic mass is 9.91. The highest BCUT2D eigenvalue weighted by Gasteiger charge is 2.42. The predicted octanol–water partition coefficient (Wildman–Crippen LogP) is 4.60. The van der Waals surface area contributed by atoms with E-state index in [2.05, 4.69) is 72.5 Å². The second-order valence-electron chi connectivity index (χ2n) is 7.27. The molecule has 0 amide bonds. The standard InChI is InChI=1S/C22H30N2/c1-2-19-13-14-22(15-19,18-23)24(16-20-9-5-3-6-10-20)17-21-11-7-4-8-12-21/h3-12,19H,2,13-18,23H2,1H3. The van der Waals surface area contributed by atoms with Gasteiger partial charge in [0.05, 0.1) is 0 Å². The van der Waals surface area contributed by atoms with Gasteiger partial charge in [0.15, 0.2) is 0 Å². The van der Waals surface area contributed by atoms with Gasteiger partial charge in [-0.2, -0.15) is 0 Å². The highest BCUT2D eigenvalue weighted by Crippen LogP contribution is 2.41. The lowest BCUT2D eigenvalue weighted by molar-refractivity contribution is 0.0777. The average Bonchev–Trinajstić information content (AvgIpc) is 3.08. The van der Waals surface area contributed by atoms with Crippen LogP contribution in [0, 0.1) is 5.92 Å². The smallest absolute Gasteiger partial charge is 0.0341 e. The SMILES string of the molecule is CCC1CCC(CN)(N(Cc2ccccc2)Cc2ccccc2)C1. The van der Waals surface area contributed by atoms with Crippen LogP contribution < -0.4 is 5.73 Å². The largest absolute Gasteiger partial charge is 0.329 e. The molecule has 1 fully saturated rings. The van der Waals surface area contributed by atoms with E-state index in [-0.39, 0.29) is 5.54 Å². The molecule has 2 atom stereocenters. The summed E-state index contributed by atoms with van der Waals surface area (Å²) >= 11 is 0. The summed E-state index contributed by atoms with van der Waals surface area (Å²) in [6.45, 7) is 5.02. The lowest BCUT2D eigenvalue weighted by Gasteiger charge is -2.41. The second kappa shape index (κ2) is 7.96. The molecule has 2 aromatic rings. The molecule has 2 nitrogen and oxygen atoms in total. The minimum Gasteiger partial charge on any atom is -0.329 e. The molecule has 2 heteroatoms. The number of rotatable bonds is 7. The number of benzene rings is 2. The molecule has 1 aliphatic carbocycles. The summed E-state index contributed by atoms with van der Waals surface area (Å²) in [5.41, 5.74) is 9.25. The van der Waals surface area contributed by atoms with Crippen LogP contribution in [0.2, 0.25) is 0 Å². The minimum absolute atomic E-state index is 0.145. The van der Waals surface area contributed by atoms with Crippen LogP contribution in [0.25, 0.3) is 0 Å². The Kier molecular flexibility index (Phi) is 5.70. The van der Waals surface area contributed by atoms with Crippen LogP contribution in [0.1, 0.15) is 43.7 Å². The van der Waals surface area contributed by atoms with Crippen molar-refractivity contribution in [2.75, 3.05) is 6.54 Å². The zero-order chi connectivity index (χ0) is 16.8. The molecule has 0 heterocycles. The van der Waals surface area contributed by atoms with Gasteiger partial charge in [-0.3, -0.25) is 4.90 Å². The molecule has 3 rings (SSSR count). The summed E-state index contributed by atoms with van der Waals surface area (Å²) in [5.74, 6) is 0.822. The second-order valence-corrected chi connectivity index (χ2v) is 7.27. The molecule has 0 aromatic heterocycles. The van der Waals surface area contributed by atoms with Gasteiger partial charge in [0.2, 0.25) is 0 Å². The van der Waals surface area contributed by atoms with Crippen LogP contribution in [-0.2, 0) is 13.1 Å². The average molecular weight is 322 g/mol. The first-order chi connectivity index (χ1) is 11.8. The van der Waals surface area contributed by atoms with E-state index in [1.165, 1.54) is 36.8 Å². The Labute approximate surface area is 146 Å². The number of nitrogens with zero attached hydrogens (tertiary/aromatic N) is 1. The lowest BCUT2D eigenvalue weighted by Crippen LogP contribution is -2.51. The van der Waals surface area contributed by atoms with Crippen molar-refractivity contribution in [3.05, 3.63) is 71.8 Å². The van der Waals surface area contributed by atoms with Crippen LogP contribution >= 0.6 is 0 Å². The van der Waals surface area contributed by atoms with Crippen molar-refractivity contribution >= 4 is 0 Å². The Balaban J connectivity index is 1.86. The van der Waals surface area contributed by atoms with Crippen molar-refractivity contribution in [1.29, 1.82) is 0 Å². The maximum Gasteiger partial charge on any atom is 0.0341 e. The van der Waals surface area contributed by atoms with E-state index < -0.39 is 0 Å². The number of hydrogen-bond acceptors (Lipinski definition) is 2. The molecule has 1 aliphatic rings. The molecular weight excluding hydrogens is 292 g/mol. The first kappa shape index (κ1) is 17.2. The van der Waals surface area contributed by atoms with Gasteiger partial charge in [-0.25, -0.2) is 0 Å². The summed E-state index contributed by atoms with van der Waals surface area (Å²) in [6.07, 6.45) is 5.04. The van der Waals surface area contributed by atoms with E-state index in [0.29, 0.717) is 0 Å². The molecule has 0 saturated heterocycles. The molecule has 0 radical (unpaired) electrons. The third-order valence-electron chi connectivity index (χ3n) is 5.75. The van der Waals surface area contributed by atoms with Gasteiger partial charge in [-0.05, 0) is 36.3 Å². The minimum atomic E-state index is 0.145. The number of nitrogens with two attached hydrogens (primary N) is 1. The summed E-state index contributed by atoms with van der Waals surface area (Å²) < 4.78 is 0. The predicted molar refractivity (Wildman–Crippen MR) is 102 cm³/mol. The van der Waals surface area contributed by atoms with Crippen LogP contribution in [-0.4, -0.2) is 17.0 Å². The molecule has 24 heavy (non-hydrogen) atoms. The van der Waals surface area contributed by atoms with Gasteiger partial charge in [-0.1, -0.05) is 74.0 Å². The summed E-state index contributed by atoms with van der Waals surface area (Å²) in [6, 6.07) is 21.6. The topological polar surface area (TPSA) is 29.3 Å². The van der Waals surface area contributed by atoms with Gasteiger partial charge in [0.25, 0.3) is 0 Å². The molecule has 0 spiro atoms. The van der Waals surface area contributed by atoms with Crippen LogP contribution in [0.4, 0.5) is 0 Å². The third kappa shape index (κ3) is 3.88. The van der Waals surface area contributed by atoms with Crippen molar-refractivity contribution in [3.8, 4) is 0 Å². The fourth-order valence-electron chi connectivity index (χ4n) is 4.16. The van der Waals surface area contributed by atoms with Crippen molar-refractivity contribution in [2.24, 2.45) is 11.7 Å². The quantitative estimate of drug-likeness (QED) is 0.807. The Hall–Kier alpha value is -1.64. The fourth-order valence-corrected chi connectivity index (χ4v) is 4.16. The van der Waals surface area contributed by atoms with Crippen LogP contribution in [0.5, 0.6) is 0 Å². The molecule has 0 aliphatic heterocycles. The van der Waals surface area contributed by atoms with E-state index in [4.69, 9.17) is 5.73 Å². The van der Waals surface area contributed by atoms with E-state index >= 15 is 0 Å². The normalized spacial score (nSPS) is 23.7. The summed E-state index contributed by atoms with van der Waals surface area (Å²) in [5, 5.41) is 0.